The van der Waals surface area contributed by atoms with E-state index in [9.17, 15) is 4.39 Å². The Balaban J connectivity index is 1.57. The maximum absolute atomic E-state index is 14.0. The van der Waals surface area contributed by atoms with Crippen LogP contribution in [0, 0.1) is 5.82 Å². The summed E-state index contributed by atoms with van der Waals surface area (Å²) >= 11 is 0. The minimum atomic E-state index is -0.340. The van der Waals surface area contributed by atoms with Gasteiger partial charge in [0.1, 0.15) is 22.9 Å². The van der Waals surface area contributed by atoms with Crippen molar-refractivity contribution in [3.05, 3.63) is 60.2 Å². The number of benzene rings is 1. The van der Waals surface area contributed by atoms with Gasteiger partial charge in [-0.1, -0.05) is 6.08 Å². The predicted molar refractivity (Wildman–Crippen MR) is 111 cm³/mol. The second-order valence-electron chi connectivity index (χ2n) is 7.03. The van der Waals surface area contributed by atoms with Crippen LogP contribution in [0.25, 0.3) is 39.1 Å². The van der Waals surface area contributed by atoms with Gasteiger partial charge in [-0.2, -0.15) is 5.10 Å². The second-order valence-corrected chi connectivity index (χ2v) is 7.03. The zero-order chi connectivity index (χ0) is 19.8. The molecule has 0 atom stereocenters. The number of nitrogens with zero attached hydrogens (tertiary/aromatic N) is 2. The van der Waals surface area contributed by atoms with E-state index in [-0.39, 0.29) is 5.82 Å². The van der Waals surface area contributed by atoms with E-state index < -0.39 is 0 Å². The number of methoxy groups -OCH3 is 1. The highest BCUT2D eigenvalue weighted by atomic mass is 19.1. The number of rotatable bonds is 4. The zero-order valence-corrected chi connectivity index (χ0v) is 15.9. The molecule has 6 nitrogen and oxygen atoms in total. The molecule has 146 valence electrons. The number of aromatic nitrogens is 4. The number of hydrogen-bond acceptors (Lipinski definition) is 4. The monoisotopic (exact) mass is 389 g/mol. The van der Waals surface area contributed by atoms with E-state index in [1.165, 1.54) is 24.8 Å². The zero-order valence-electron chi connectivity index (χ0n) is 15.9. The first-order valence-electron chi connectivity index (χ1n) is 9.50. The van der Waals surface area contributed by atoms with Crippen LogP contribution >= 0.6 is 0 Å². The van der Waals surface area contributed by atoms with Crippen LogP contribution < -0.4 is 10.1 Å². The molecule has 3 N–H and O–H groups in total. The molecule has 5 rings (SSSR count). The summed E-state index contributed by atoms with van der Waals surface area (Å²) < 4.78 is 19.2. The fraction of sp³-hybridized carbons (Fsp3) is 0.182. The Labute approximate surface area is 166 Å². The fourth-order valence-corrected chi connectivity index (χ4v) is 3.74. The van der Waals surface area contributed by atoms with E-state index in [0.717, 1.165) is 58.8 Å². The summed E-state index contributed by atoms with van der Waals surface area (Å²) in [6, 6.07) is 10.6. The maximum Gasteiger partial charge on any atom is 0.138 e. The number of pyridine rings is 1. The molecule has 0 radical (unpaired) electrons. The second kappa shape index (κ2) is 7.18. The molecule has 0 saturated carbocycles. The SMILES string of the molecule is COc1cc(F)cc(-c2ccnc3[nH]c(-c4cc(C5=CCNCC5)[nH]n4)cc23)c1. The first-order valence-corrected chi connectivity index (χ1v) is 9.50. The molecule has 1 aliphatic heterocycles. The van der Waals surface area contributed by atoms with Crippen molar-refractivity contribution in [2.45, 2.75) is 6.42 Å². The van der Waals surface area contributed by atoms with Crippen LogP contribution in [0.2, 0.25) is 0 Å². The average molecular weight is 389 g/mol. The molecule has 4 aromatic rings. The van der Waals surface area contributed by atoms with Crippen molar-refractivity contribution >= 4 is 16.6 Å². The maximum atomic E-state index is 14.0. The highest BCUT2D eigenvalue weighted by Gasteiger charge is 2.15. The van der Waals surface area contributed by atoms with Crippen LogP contribution in [0.4, 0.5) is 4.39 Å². The molecule has 29 heavy (non-hydrogen) atoms. The average Bonchev–Trinajstić information content (AvgIpc) is 3.40. The number of nitrogens with one attached hydrogen (secondary N) is 3. The van der Waals surface area contributed by atoms with Crippen LogP contribution in [-0.2, 0) is 0 Å². The molecule has 0 unspecified atom stereocenters. The number of fused-ring (bicyclic) bond motifs is 1. The van der Waals surface area contributed by atoms with Crippen molar-refractivity contribution in [1.29, 1.82) is 0 Å². The molecule has 1 aromatic carbocycles. The molecule has 1 aliphatic rings. The lowest BCUT2D eigenvalue weighted by Gasteiger charge is -2.11. The summed E-state index contributed by atoms with van der Waals surface area (Å²) in [5, 5.41) is 11.8. The summed E-state index contributed by atoms with van der Waals surface area (Å²) in [6.07, 6.45) is 4.87. The number of aromatic amines is 2. The van der Waals surface area contributed by atoms with Gasteiger partial charge in [0.25, 0.3) is 0 Å². The molecule has 3 aromatic heterocycles. The van der Waals surface area contributed by atoms with Gasteiger partial charge in [-0.3, -0.25) is 5.10 Å². The molecular formula is C22H20FN5O. The Morgan fingerprint density at radius 2 is 2.03 bits per heavy atom. The number of ether oxygens (including phenoxy) is 1. The van der Waals surface area contributed by atoms with Crippen molar-refractivity contribution in [3.8, 4) is 28.3 Å². The largest absolute Gasteiger partial charge is 0.497 e. The summed E-state index contributed by atoms with van der Waals surface area (Å²) in [7, 11) is 1.53. The van der Waals surface area contributed by atoms with E-state index in [1.807, 2.05) is 24.3 Å². The van der Waals surface area contributed by atoms with Gasteiger partial charge in [-0.05, 0) is 60.0 Å². The Hall–Kier alpha value is -3.45. The van der Waals surface area contributed by atoms with E-state index in [2.05, 4.69) is 31.6 Å². The molecule has 0 fully saturated rings. The van der Waals surface area contributed by atoms with Gasteiger partial charge in [-0.15, -0.1) is 0 Å². The molecule has 0 bridgehead atoms. The topological polar surface area (TPSA) is 78.6 Å². The normalized spacial score (nSPS) is 14.2. The first kappa shape index (κ1) is 17.6. The Kier molecular flexibility index (Phi) is 4.37. The summed E-state index contributed by atoms with van der Waals surface area (Å²) in [4.78, 5) is 7.77. The Bertz CT molecular complexity index is 1220. The molecule has 0 amide bonds. The third-order valence-corrected chi connectivity index (χ3v) is 5.21. The lowest BCUT2D eigenvalue weighted by molar-refractivity contribution is 0.411. The van der Waals surface area contributed by atoms with Crippen molar-refractivity contribution < 1.29 is 9.13 Å². The minimum absolute atomic E-state index is 0.340. The lowest BCUT2D eigenvalue weighted by atomic mass is 10.0. The van der Waals surface area contributed by atoms with Crippen LogP contribution in [0.15, 0.2) is 48.7 Å². The first-order chi connectivity index (χ1) is 14.2. The van der Waals surface area contributed by atoms with E-state index >= 15 is 0 Å². The van der Waals surface area contributed by atoms with Crippen LogP contribution in [0.3, 0.4) is 0 Å². The third-order valence-electron chi connectivity index (χ3n) is 5.21. The highest BCUT2D eigenvalue weighted by molar-refractivity contribution is 5.96. The fourth-order valence-electron chi connectivity index (χ4n) is 3.74. The third kappa shape index (κ3) is 3.30. The lowest BCUT2D eigenvalue weighted by Crippen LogP contribution is -2.20. The van der Waals surface area contributed by atoms with Crippen molar-refractivity contribution in [1.82, 2.24) is 25.5 Å². The standard InChI is InChI=1S/C22H20FN5O/c1-29-16-9-14(8-15(23)10-16)17-4-7-25-22-18(17)11-20(26-22)21-12-19(27-28-21)13-2-5-24-6-3-13/h2,4,7-12,24H,3,5-6H2,1H3,(H,25,26)(H,27,28). The van der Waals surface area contributed by atoms with E-state index in [0.29, 0.717) is 5.75 Å². The van der Waals surface area contributed by atoms with Gasteiger partial charge >= 0.3 is 0 Å². The van der Waals surface area contributed by atoms with Gasteiger partial charge in [-0.25, -0.2) is 9.37 Å². The molecule has 0 aliphatic carbocycles. The molecular weight excluding hydrogens is 369 g/mol. The Morgan fingerprint density at radius 1 is 1.10 bits per heavy atom. The van der Waals surface area contributed by atoms with Gasteiger partial charge in [0.15, 0.2) is 0 Å². The Morgan fingerprint density at radius 3 is 2.86 bits per heavy atom. The van der Waals surface area contributed by atoms with E-state index in [4.69, 9.17) is 4.74 Å². The highest BCUT2D eigenvalue weighted by Crippen LogP contribution is 2.33. The van der Waals surface area contributed by atoms with Gasteiger partial charge in [0, 0.05) is 24.2 Å². The number of hydrogen-bond donors (Lipinski definition) is 3. The quantitative estimate of drug-likeness (QED) is 0.490. The summed E-state index contributed by atoms with van der Waals surface area (Å²) in [5.74, 6) is 0.139. The van der Waals surface area contributed by atoms with Gasteiger partial charge in [0.2, 0.25) is 0 Å². The number of H-pyrrole nitrogens is 2. The van der Waals surface area contributed by atoms with Gasteiger partial charge in [0.05, 0.1) is 18.5 Å². The smallest absolute Gasteiger partial charge is 0.138 e. The molecule has 7 heteroatoms. The number of halogens is 1. The van der Waals surface area contributed by atoms with Gasteiger partial charge < -0.3 is 15.0 Å². The minimum Gasteiger partial charge on any atom is -0.497 e. The van der Waals surface area contributed by atoms with Crippen molar-refractivity contribution in [2.75, 3.05) is 20.2 Å². The van der Waals surface area contributed by atoms with E-state index in [1.54, 1.807) is 6.20 Å². The molecule has 0 saturated heterocycles. The van der Waals surface area contributed by atoms with Crippen LogP contribution in [0.1, 0.15) is 12.1 Å². The summed E-state index contributed by atoms with van der Waals surface area (Å²) in [6.45, 7) is 1.84. The van der Waals surface area contributed by atoms with Crippen molar-refractivity contribution in [3.63, 3.8) is 0 Å². The van der Waals surface area contributed by atoms with Crippen LogP contribution in [0.5, 0.6) is 5.75 Å². The molecule has 0 spiro atoms. The van der Waals surface area contributed by atoms with Crippen molar-refractivity contribution in [2.24, 2.45) is 0 Å². The predicted octanol–water partition coefficient (Wildman–Crippen LogP) is 4.14. The van der Waals surface area contributed by atoms with Crippen LogP contribution in [-0.4, -0.2) is 40.4 Å². The molecule has 4 heterocycles. The summed E-state index contributed by atoms with van der Waals surface area (Å²) in [5.41, 5.74) is 6.33.